The van der Waals surface area contributed by atoms with Gasteiger partial charge in [-0.1, -0.05) is 24.3 Å². The minimum Gasteiger partial charge on any atom is -0.493 e. The Hall–Kier alpha value is -3.08. The van der Waals surface area contributed by atoms with Gasteiger partial charge in [0.1, 0.15) is 6.26 Å². The van der Waals surface area contributed by atoms with Crippen LogP contribution in [0.3, 0.4) is 0 Å². The molecule has 0 aliphatic carbocycles. The van der Waals surface area contributed by atoms with Crippen molar-refractivity contribution in [3.05, 3.63) is 65.5 Å². The van der Waals surface area contributed by atoms with Crippen LogP contribution in [-0.2, 0) is 6.42 Å². The van der Waals surface area contributed by atoms with E-state index in [1.807, 2.05) is 56.3 Å². The van der Waals surface area contributed by atoms with Crippen molar-refractivity contribution < 1.29 is 18.7 Å². The molecular weight excluding hydrogens is 342 g/mol. The molecule has 140 valence electrons. The summed E-state index contributed by atoms with van der Waals surface area (Å²) in [5.41, 5.74) is 3.30. The van der Waals surface area contributed by atoms with Gasteiger partial charge >= 0.3 is 0 Å². The maximum absolute atomic E-state index is 12.4. The van der Waals surface area contributed by atoms with E-state index in [0.717, 1.165) is 22.4 Å². The van der Waals surface area contributed by atoms with Crippen molar-refractivity contribution in [3.63, 3.8) is 0 Å². The Bertz CT molecular complexity index is 930. The summed E-state index contributed by atoms with van der Waals surface area (Å²) in [5.74, 6) is 1.92. The van der Waals surface area contributed by atoms with Crippen LogP contribution in [0.5, 0.6) is 11.5 Å². The minimum absolute atomic E-state index is 0.112. The highest BCUT2D eigenvalue weighted by atomic mass is 16.5. The number of aromatic nitrogens is 1. The lowest BCUT2D eigenvalue weighted by molar-refractivity contribution is 0.0982. The molecule has 27 heavy (non-hydrogen) atoms. The lowest BCUT2D eigenvalue weighted by Gasteiger charge is -2.09. The Morgan fingerprint density at radius 2 is 1.96 bits per heavy atom. The van der Waals surface area contributed by atoms with Crippen LogP contribution < -0.4 is 9.47 Å². The third-order valence-corrected chi connectivity index (χ3v) is 4.32. The fourth-order valence-corrected chi connectivity index (χ4v) is 2.89. The molecular formula is C22H23NO4. The van der Waals surface area contributed by atoms with E-state index in [1.165, 1.54) is 0 Å². The van der Waals surface area contributed by atoms with Crippen LogP contribution in [-0.4, -0.2) is 24.5 Å². The normalized spacial score (nSPS) is 10.6. The number of ketones is 1. The van der Waals surface area contributed by atoms with E-state index in [0.29, 0.717) is 36.8 Å². The molecule has 2 aromatic carbocycles. The van der Waals surface area contributed by atoms with Gasteiger partial charge in [-0.05, 0) is 37.6 Å². The summed E-state index contributed by atoms with van der Waals surface area (Å²) in [7, 11) is 1.60. The number of carbonyl (C=O) groups excluding carboxylic acids is 1. The van der Waals surface area contributed by atoms with Gasteiger partial charge in [0, 0.05) is 24.0 Å². The van der Waals surface area contributed by atoms with Crippen LogP contribution in [0.2, 0.25) is 0 Å². The van der Waals surface area contributed by atoms with E-state index >= 15 is 0 Å². The highest BCUT2D eigenvalue weighted by molar-refractivity contribution is 5.97. The summed E-state index contributed by atoms with van der Waals surface area (Å²) in [4.78, 5) is 16.9. The number of rotatable bonds is 8. The molecule has 1 aromatic heterocycles. The third kappa shape index (κ3) is 4.37. The van der Waals surface area contributed by atoms with Gasteiger partial charge in [-0.3, -0.25) is 4.79 Å². The van der Waals surface area contributed by atoms with Crippen LogP contribution in [0.25, 0.3) is 11.5 Å². The fraction of sp³-hybridized carbons (Fsp3) is 0.273. The Balaban J connectivity index is 1.71. The second-order valence-electron chi connectivity index (χ2n) is 6.18. The molecule has 0 aliphatic heterocycles. The summed E-state index contributed by atoms with van der Waals surface area (Å²) in [5, 5.41) is 0. The van der Waals surface area contributed by atoms with Gasteiger partial charge in [-0.15, -0.1) is 0 Å². The van der Waals surface area contributed by atoms with Crippen molar-refractivity contribution in [1.82, 2.24) is 4.98 Å². The van der Waals surface area contributed by atoms with Gasteiger partial charge in [0.25, 0.3) is 0 Å². The Kier molecular flexibility index (Phi) is 5.91. The van der Waals surface area contributed by atoms with Crippen molar-refractivity contribution in [2.75, 3.05) is 13.7 Å². The number of hydrogen-bond donors (Lipinski definition) is 0. The molecule has 5 heteroatoms. The molecule has 0 aliphatic rings. The Morgan fingerprint density at radius 1 is 1.15 bits per heavy atom. The number of carbonyl (C=O) groups is 1. The number of benzene rings is 2. The SMILES string of the molecule is CCOc1cc(-c2nc(CCC(=O)c3ccccc3C)co2)ccc1OC. The molecule has 0 bridgehead atoms. The monoisotopic (exact) mass is 365 g/mol. The largest absolute Gasteiger partial charge is 0.493 e. The van der Waals surface area contributed by atoms with Crippen molar-refractivity contribution in [1.29, 1.82) is 0 Å². The molecule has 0 spiro atoms. The molecule has 0 radical (unpaired) electrons. The highest BCUT2D eigenvalue weighted by Gasteiger charge is 2.13. The van der Waals surface area contributed by atoms with Gasteiger partial charge in [0.15, 0.2) is 17.3 Å². The molecule has 0 unspecified atom stereocenters. The third-order valence-electron chi connectivity index (χ3n) is 4.32. The molecule has 3 rings (SSSR count). The lowest BCUT2D eigenvalue weighted by Crippen LogP contribution is -2.03. The first kappa shape index (κ1) is 18.7. The van der Waals surface area contributed by atoms with Crippen molar-refractivity contribution in [2.24, 2.45) is 0 Å². The highest BCUT2D eigenvalue weighted by Crippen LogP contribution is 2.32. The van der Waals surface area contributed by atoms with E-state index in [2.05, 4.69) is 4.98 Å². The average molecular weight is 365 g/mol. The summed E-state index contributed by atoms with van der Waals surface area (Å²) < 4.78 is 16.5. The van der Waals surface area contributed by atoms with Gasteiger partial charge < -0.3 is 13.9 Å². The van der Waals surface area contributed by atoms with E-state index in [9.17, 15) is 4.79 Å². The van der Waals surface area contributed by atoms with E-state index in [4.69, 9.17) is 13.9 Å². The van der Waals surface area contributed by atoms with Gasteiger partial charge in [-0.2, -0.15) is 0 Å². The first-order valence-corrected chi connectivity index (χ1v) is 8.96. The van der Waals surface area contributed by atoms with E-state index in [1.54, 1.807) is 13.4 Å². The second kappa shape index (κ2) is 8.54. The average Bonchev–Trinajstić information content (AvgIpc) is 3.16. The predicted molar refractivity (Wildman–Crippen MR) is 103 cm³/mol. The van der Waals surface area contributed by atoms with E-state index in [-0.39, 0.29) is 5.78 Å². The zero-order chi connectivity index (χ0) is 19.2. The van der Waals surface area contributed by atoms with Gasteiger partial charge in [0.2, 0.25) is 5.89 Å². The number of ether oxygens (including phenoxy) is 2. The first-order valence-electron chi connectivity index (χ1n) is 8.96. The minimum atomic E-state index is 0.112. The number of aryl methyl sites for hydroxylation is 2. The maximum atomic E-state index is 12.4. The lowest BCUT2D eigenvalue weighted by atomic mass is 10.0. The molecule has 0 saturated carbocycles. The standard InChI is InChI=1S/C22H23NO4/c1-4-26-21-13-16(9-12-20(21)25-3)22-23-17(14-27-22)10-11-19(24)18-8-6-5-7-15(18)2/h5-9,12-14H,4,10-11H2,1-3H3. The Labute approximate surface area is 159 Å². The molecule has 0 atom stereocenters. The molecule has 5 nitrogen and oxygen atoms in total. The van der Waals surface area contributed by atoms with Crippen LogP contribution in [0.15, 0.2) is 53.1 Å². The predicted octanol–water partition coefficient (Wildman–Crippen LogP) is 4.87. The zero-order valence-corrected chi connectivity index (χ0v) is 15.8. The smallest absolute Gasteiger partial charge is 0.226 e. The second-order valence-corrected chi connectivity index (χ2v) is 6.18. The van der Waals surface area contributed by atoms with Crippen LogP contribution >= 0.6 is 0 Å². The first-order chi connectivity index (χ1) is 13.1. The molecule has 0 N–H and O–H groups in total. The molecule has 0 amide bonds. The number of Topliss-reactive ketones (excluding diaryl/α,β-unsaturated/α-hetero) is 1. The van der Waals surface area contributed by atoms with Crippen molar-refractivity contribution in [2.45, 2.75) is 26.7 Å². The van der Waals surface area contributed by atoms with E-state index < -0.39 is 0 Å². The summed E-state index contributed by atoms with van der Waals surface area (Å²) in [6.07, 6.45) is 2.53. The summed E-state index contributed by atoms with van der Waals surface area (Å²) >= 11 is 0. The maximum Gasteiger partial charge on any atom is 0.226 e. The summed E-state index contributed by atoms with van der Waals surface area (Å²) in [6.45, 7) is 4.40. The topological polar surface area (TPSA) is 61.6 Å². The van der Waals surface area contributed by atoms with Crippen molar-refractivity contribution >= 4 is 5.78 Å². The van der Waals surface area contributed by atoms with Crippen LogP contribution in [0.4, 0.5) is 0 Å². The zero-order valence-electron chi connectivity index (χ0n) is 15.8. The van der Waals surface area contributed by atoms with Gasteiger partial charge in [0.05, 0.1) is 19.4 Å². The number of oxazole rings is 1. The number of methoxy groups -OCH3 is 1. The molecule has 0 saturated heterocycles. The molecule has 3 aromatic rings. The van der Waals surface area contributed by atoms with Gasteiger partial charge in [-0.25, -0.2) is 4.98 Å². The van der Waals surface area contributed by atoms with Crippen LogP contribution in [0, 0.1) is 6.92 Å². The Morgan fingerprint density at radius 3 is 2.70 bits per heavy atom. The summed E-state index contributed by atoms with van der Waals surface area (Å²) in [6, 6.07) is 13.2. The number of nitrogens with zero attached hydrogens (tertiary/aromatic N) is 1. The van der Waals surface area contributed by atoms with Crippen LogP contribution in [0.1, 0.15) is 35.0 Å². The fourth-order valence-electron chi connectivity index (χ4n) is 2.89. The molecule has 0 fully saturated rings. The number of hydrogen-bond acceptors (Lipinski definition) is 5. The quantitative estimate of drug-likeness (QED) is 0.533. The molecule has 1 heterocycles. The van der Waals surface area contributed by atoms with Crippen molar-refractivity contribution in [3.8, 4) is 23.0 Å².